The van der Waals surface area contributed by atoms with Gasteiger partial charge in [0.25, 0.3) is 0 Å². The fraction of sp³-hybridized carbons (Fsp3) is 0.857. The van der Waals surface area contributed by atoms with Gasteiger partial charge in [-0.1, -0.05) is 38.5 Å². The highest BCUT2D eigenvalue weighted by molar-refractivity contribution is 5.65. The van der Waals surface area contributed by atoms with Gasteiger partial charge in [-0.2, -0.15) is 119 Å². The molecule has 0 spiro atoms. The zero-order valence-corrected chi connectivity index (χ0v) is 42.7. The molecule has 3 N–H and O–H groups in total. The van der Waals surface area contributed by atoms with Crippen LogP contribution in [0.25, 0.3) is 0 Å². The first kappa shape index (κ1) is 76.3. The van der Waals surface area contributed by atoms with Crippen LogP contribution in [0.4, 0.5) is 133 Å². The van der Waals surface area contributed by atoms with Gasteiger partial charge in [-0.05, 0) is 38.5 Å². The number of carboxylic acid groups (broad SMARTS) is 3. The Balaban J connectivity index is 3.25. The minimum Gasteiger partial charge on any atom is -0.465 e. The molecule has 1 rings (SSSR count). The molecule has 0 aliphatic carbocycles. The fourth-order valence-electron chi connectivity index (χ4n) is 7.46. The lowest BCUT2D eigenvalue weighted by molar-refractivity contribution is -0.396. The number of nitrogens with zero attached hydrogens (tertiary/aromatic N) is 6. The van der Waals surface area contributed by atoms with Crippen molar-refractivity contribution in [2.24, 2.45) is 0 Å². The Morgan fingerprint density at radius 2 is 0.464 bits per heavy atom. The Morgan fingerprint density at radius 3 is 0.631 bits per heavy atom. The molecule has 0 aliphatic rings. The van der Waals surface area contributed by atoms with Crippen molar-refractivity contribution in [2.75, 3.05) is 39.3 Å². The van der Waals surface area contributed by atoms with Crippen LogP contribution in [-0.2, 0) is 19.6 Å². The normalized spacial score (nSPS) is 14.0. The molecular weight excluding hydrogens is 1250 g/mol. The van der Waals surface area contributed by atoms with Gasteiger partial charge in [0.2, 0.25) is 0 Å². The van der Waals surface area contributed by atoms with Crippen LogP contribution < -0.4 is 17.1 Å². The molecule has 1 aromatic heterocycles. The van der Waals surface area contributed by atoms with Gasteiger partial charge < -0.3 is 30.0 Å². The maximum absolute atomic E-state index is 14.0. The standard InChI is InChI=1S/C42H51F27N6O9/c43-31(44,34(49,50)37(55,56)40(61,62)63)13-22-70(28(79)80)16-7-1-4-10-19-73-25(76)74(20-11-5-2-8-17-71(29(81)82)23-14-32(45,46)35(51,52)38(57,58)41(64,65)66)27(78)75(26(73)77)21-12-6-3-9-18-72(30(83)84)24-15-33(47,48)36(53,54)39(59,60)42(67,68)69/h1-24H2,(H,79,80)(H,81,82)(H,83,84). The number of amides is 3. The average Bonchev–Trinajstić information content (AvgIpc) is 3.25. The molecule has 15 nitrogen and oxygen atoms in total. The van der Waals surface area contributed by atoms with Crippen LogP contribution >= 0.6 is 0 Å². The summed E-state index contributed by atoms with van der Waals surface area (Å²) >= 11 is 0. The van der Waals surface area contributed by atoms with E-state index in [4.69, 9.17) is 0 Å². The molecule has 0 saturated carbocycles. The average molecular weight is 1300 g/mol. The van der Waals surface area contributed by atoms with E-state index in [1.807, 2.05) is 0 Å². The van der Waals surface area contributed by atoms with Crippen LogP contribution in [0, 0.1) is 0 Å². The van der Waals surface area contributed by atoms with Crippen molar-refractivity contribution in [1.29, 1.82) is 0 Å². The zero-order chi connectivity index (χ0) is 65.9. The summed E-state index contributed by atoms with van der Waals surface area (Å²) in [4.78, 5) is 75.0. The number of hydrogen-bond acceptors (Lipinski definition) is 6. The van der Waals surface area contributed by atoms with E-state index >= 15 is 0 Å². The minimum absolute atomic E-state index is 0.0366. The Kier molecular flexibility index (Phi) is 25.7. The van der Waals surface area contributed by atoms with Gasteiger partial charge in [-0.3, -0.25) is 0 Å². The third-order valence-corrected chi connectivity index (χ3v) is 12.6. The minimum atomic E-state index is -7.26. The summed E-state index contributed by atoms with van der Waals surface area (Å²) in [5.74, 6) is -61.3. The molecular formula is C42H51F27N6O9. The maximum atomic E-state index is 14.0. The quantitative estimate of drug-likeness (QED) is 0.0434. The van der Waals surface area contributed by atoms with Gasteiger partial charge in [-0.15, -0.1) is 0 Å². The van der Waals surface area contributed by atoms with Gasteiger partial charge in [0.1, 0.15) is 0 Å². The van der Waals surface area contributed by atoms with Gasteiger partial charge >= 0.3 is 107 Å². The first-order chi connectivity index (χ1) is 37.7. The molecule has 0 bridgehead atoms. The molecule has 42 heteroatoms. The van der Waals surface area contributed by atoms with Crippen LogP contribution in [0.1, 0.15) is 96.3 Å². The van der Waals surface area contributed by atoms with E-state index < -0.39 is 185 Å². The monoisotopic (exact) mass is 1300 g/mol. The van der Waals surface area contributed by atoms with Crippen molar-refractivity contribution in [3.63, 3.8) is 0 Å². The highest BCUT2D eigenvalue weighted by Gasteiger charge is 2.83. The van der Waals surface area contributed by atoms with E-state index in [0.29, 0.717) is 13.7 Å². The molecule has 3 amide bonds. The molecule has 0 fully saturated rings. The Labute approximate surface area is 453 Å². The highest BCUT2D eigenvalue weighted by atomic mass is 19.4. The van der Waals surface area contributed by atoms with Crippen molar-refractivity contribution >= 4 is 18.3 Å². The number of unbranched alkanes of at least 4 members (excludes halogenated alkanes) is 9. The van der Waals surface area contributed by atoms with Crippen molar-refractivity contribution < 1.29 is 148 Å². The number of hydrogen-bond donors (Lipinski definition) is 3. The number of halogens is 27. The van der Waals surface area contributed by atoms with E-state index in [2.05, 4.69) is 0 Å². The summed E-state index contributed by atoms with van der Waals surface area (Å²) < 4.78 is 359. The maximum Gasteiger partial charge on any atom is 0.460 e. The predicted molar refractivity (Wildman–Crippen MR) is 230 cm³/mol. The van der Waals surface area contributed by atoms with Gasteiger partial charge in [-0.25, -0.2) is 42.5 Å². The van der Waals surface area contributed by atoms with Gasteiger partial charge in [0.05, 0.1) is 0 Å². The van der Waals surface area contributed by atoms with E-state index in [1.54, 1.807) is 0 Å². The lowest BCUT2D eigenvalue weighted by Gasteiger charge is -2.34. The molecule has 492 valence electrons. The van der Waals surface area contributed by atoms with Crippen molar-refractivity contribution in [2.45, 2.75) is 188 Å². The summed E-state index contributed by atoms with van der Waals surface area (Å²) in [5.41, 5.74) is -4.05. The lowest BCUT2D eigenvalue weighted by atomic mass is 10.0. The van der Waals surface area contributed by atoms with Gasteiger partial charge in [0.15, 0.2) is 0 Å². The summed E-state index contributed by atoms with van der Waals surface area (Å²) in [6.45, 7) is -9.48. The summed E-state index contributed by atoms with van der Waals surface area (Å²) in [6.07, 6.45) is -38.4. The molecule has 0 saturated heterocycles. The Hall–Kier alpha value is -5.67. The van der Waals surface area contributed by atoms with Crippen molar-refractivity contribution in [3.8, 4) is 0 Å². The largest absolute Gasteiger partial charge is 0.465 e. The van der Waals surface area contributed by atoms with Crippen LogP contribution in [0.3, 0.4) is 0 Å². The second-order valence-electron chi connectivity index (χ2n) is 18.7. The zero-order valence-electron chi connectivity index (χ0n) is 42.7. The van der Waals surface area contributed by atoms with Crippen molar-refractivity contribution in [3.05, 3.63) is 31.5 Å². The number of alkyl halides is 27. The third kappa shape index (κ3) is 17.7. The molecule has 0 atom stereocenters. The molecule has 0 radical (unpaired) electrons. The second kappa shape index (κ2) is 28.2. The summed E-state index contributed by atoms with van der Waals surface area (Å²) in [5, 5.41) is 27.9. The van der Waals surface area contributed by atoms with Crippen LogP contribution in [0.5, 0.6) is 0 Å². The van der Waals surface area contributed by atoms with E-state index in [-0.39, 0.29) is 91.7 Å². The van der Waals surface area contributed by atoms with Crippen molar-refractivity contribution in [1.82, 2.24) is 28.4 Å². The van der Waals surface area contributed by atoms with Crippen LogP contribution in [-0.4, -0.2) is 173 Å². The van der Waals surface area contributed by atoms with Crippen LogP contribution in [0.15, 0.2) is 14.4 Å². The van der Waals surface area contributed by atoms with E-state index in [0.717, 1.165) is 0 Å². The van der Waals surface area contributed by atoms with E-state index in [9.17, 15) is 163 Å². The lowest BCUT2D eigenvalue weighted by Crippen LogP contribution is -2.61. The number of carbonyl (C=O) groups is 3. The van der Waals surface area contributed by atoms with Gasteiger partial charge in [0, 0.05) is 78.2 Å². The predicted octanol–water partition coefficient (Wildman–Crippen LogP) is 12.4. The highest BCUT2D eigenvalue weighted by Crippen LogP contribution is 2.56. The van der Waals surface area contributed by atoms with Crippen LogP contribution in [0.2, 0.25) is 0 Å². The third-order valence-electron chi connectivity index (χ3n) is 12.6. The summed E-state index contributed by atoms with van der Waals surface area (Å²) in [6, 6.07) is 0. The first-order valence-electron chi connectivity index (χ1n) is 24.2. The smallest absolute Gasteiger partial charge is 0.460 e. The number of rotatable bonds is 36. The molecule has 84 heavy (non-hydrogen) atoms. The number of aromatic nitrogens is 3. The molecule has 1 aromatic rings. The molecule has 0 aliphatic heterocycles. The SMILES string of the molecule is O=C(O)N(CCCCCCn1c(=O)n(CCCCCCN(CCC(F)(F)C(F)(F)C(F)(F)C(F)(F)F)C(=O)O)c(=O)n(CCCCCCN(CCC(F)(F)C(F)(F)C(F)(F)C(F)(F)F)C(=O)O)c1=O)CCC(F)(F)C(F)(F)C(F)(F)C(F)(F)F. The Morgan fingerprint density at radius 1 is 0.286 bits per heavy atom. The molecule has 0 aromatic carbocycles. The summed E-state index contributed by atoms with van der Waals surface area (Å²) in [7, 11) is 0. The molecule has 1 heterocycles. The first-order valence-corrected chi connectivity index (χ1v) is 24.2. The molecule has 0 unspecified atom stereocenters. The van der Waals surface area contributed by atoms with E-state index in [1.165, 1.54) is 0 Å². The Bertz CT molecular complexity index is 2220. The topological polar surface area (TPSA) is 188 Å². The second-order valence-corrected chi connectivity index (χ2v) is 18.7. The fourth-order valence-corrected chi connectivity index (χ4v) is 7.46.